The van der Waals surface area contributed by atoms with E-state index in [1.54, 1.807) is 12.1 Å². The lowest BCUT2D eigenvalue weighted by Gasteiger charge is -2.45. The van der Waals surface area contributed by atoms with Crippen LogP contribution in [0.3, 0.4) is 0 Å². The van der Waals surface area contributed by atoms with Gasteiger partial charge in [0.25, 0.3) is 17.7 Å². The van der Waals surface area contributed by atoms with Crippen molar-refractivity contribution in [3.05, 3.63) is 139 Å². The van der Waals surface area contributed by atoms with Crippen LogP contribution < -0.4 is 0 Å². The first-order valence-electron chi connectivity index (χ1n) is 13.4. The van der Waals surface area contributed by atoms with Gasteiger partial charge in [-0.05, 0) is 52.6 Å². The fourth-order valence-corrected chi connectivity index (χ4v) is 7.57. The number of amides is 3. The van der Waals surface area contributed by atoms with E-state index >= 15 is 0 Å². The largest absolute Gasteiger partial charge is 0.292 e. The molecule has 1 fully saturated rings. The monoisotopic (exact) mass is 614 g/mol. The van der Waals surface area contributed by atoms with Crippen molar-refractivity contribution in [1.82, 2.24) is 10.0 Å². The fraction of sp³-hybridized carbons (Fsp3) is 0.152. The van der Waals surface area contributed by atoms with E-state index in [9.17, 15) is 19.2 Å². The first-order chi connectivity index (χ1) is 20.3. The average Bonchev–Trinajstić information content (AvgIpc) is 3.25. The van der Waals surface area contributed by atoms with Crippen molar-refractivity contribution in [2.24, 2.45) is 11.8 Å². The minimum absolute atomic E-state index is 0.0548. The van der Waals surface area contributed by atoms with E-state index in [-0.39, 0.29) is 33.0 Å². The molecule has 6 nitrogen and oxygen atoms in total. The third kappa shape index (κ3) is 3.93. The molecule has 2 bridgehead atoms. The summed E-state index contributed by atoms with van der Waals surface area (Å²) in [5.74, 6) is -4.58. The SMILES string of the molecule is O=C(CN(C(=O)c1ccccc1Cl)N1C(=O)[C@H]2C3c4ccccc4C(c4ccccc43)[C@@H]2C1=O)c1ccc(Cl)cc1Cl. The summed E-state index contributed by atoms with van der Waals surface area (Å²) in [7, 11) is 0. The average molecular weight is 616 g/mol. The van der Waals surface area contributed by atoms with Gasteiger partial charge in [0, 0.05) is 22.4 Å². The van der Waals surface area contributed by atoms with Crippen LogP contribution >= 0.6 is 34.8 Å². The molecule has 1 saturated heterocycles. The number of carbonyl (C=O) groups is 4. The molecule has 9 heteroatoms. The number of ketones is 1. The highest BCUT2D eigenvalue weighted by atomic mass is 35.5. The lowest BCUT2D eigenvalue weighted by Crippen LogP contribution is -2.52. The lowest BCUT2D eigenvalue weighted by atomic mass is 9.55. The summed E-state index contributed by atoms with van der Waals surface area (Å²) < 4.78 is 0. The standard InChI is InChI=1S/C33H21Cl3N2O4/c34-17-13-14-22(25(36)15-17)26(39)16-37(31(40)23-11-5-6-12-24(23)35)38-32(41)29-27-18-7-1-2-8-19(18)28(30(29)33(38)42)21-10-4-3-9-20(21)27/h1-15,27-30H,16H2/t27?,28?,29-,30-/m0/s1. The van der Waals surface area contributed by atoms with E-state index in [0.717, 1.165) is 32.3 Å². The van der Waals surface area contributed by atoms with Crippen LogP contribution in [0.4, 0.5) is 0 Å². The number of hydrogen-bond donors (Lipinski definition) is 0. The highest BCUT2D eigenvalue weighted by molar-refractivity contribution is 6.37. The summed E-state index contributed by atoms with van der Waals surface area (Å²) in [4.78, 5) is 56.4. The van der Waals surface area contributed by atoms with E-state index in [0.29, 0.717) is 5.02 Å². The molecule has 208 valence electrons. The molecule has 0 N–H and O–H groups in total. The van der Waals surface area contributed by atoms with Gasteiger partial charge in [-0.3, -0.25) is 19.2 Å². The van der Waals surface area contributed by atoms with Crippen LogP contribution in [0.2, 0.25) is 15.1 Å². The summed E-state index contributed by atoms with van der Waals surface area (Å²) in [6, 6.07) is 26.4. The maximum Gasteiger partial charge on any atom is 0.274 e. The molecule has 1 heterocycles. The molecule has 0 radical (unpaired) electrons. The van der Waals surface area contributed by atoms with Crippen LogP contribution in [0, 0.1) is 11.8 Å². The van der Waals surface area contributed by atoms with Crippen LogP contribution in [-0.2, 0) is 9.59 Å². The minimum Gasteiger partial charge on any atom is -0.292 e. The molecule has 3 aliphatic carbocycles. The van der Waals surface area contributed by atoms with Gasteiger partial charge in [0.05, 0.1) is 27.4 Å². The molecule has 4 aliphatic rings. The van der Waals surface area contributed by atoms with Gasteiger partial charge in [-0.1, -0.05) is 95.5 Å². The number of nitrogens with zero attached hydrogens (tertiary/aromatic N) is 2. The Morgan fingerprint density at radius 2 is 1.14 bits per heavy atom. The zero-order valence-electron chi connectivity index (χ0n) is 21.8. The van der Waals surface area contributed by atoms with E-state index in [4.69, 9.17) is 34.8 Å². The normalized spacial score (nSPS) is 21.5. The van der Waals surface area contributed by atoms with Crippen molar-refractivity contribution >= 4 is 58.3 Å². The van der Waals surface area contributed by atoms with E-state index in [1.807, 2.05) is 48.5 Å². The van der Waals surface area contributed by atoms with Gasteiger partial charge in [-0.15, -0.1) is 0 Å². The molecule has 3 amide bonds. The number of rotatable bonds is 5. The van der Waals surface area contributed by atoms with Gasteiger partial charge in [0.1, 0.15) is 6.54 Å². The van der Waals surface area contributed by atoms with Crippen LogP contribution in [0.25, 0.3) is 0 Å². The zero-order valence-corrected chi connectivity index (χ0v) is 24.1. The summed E-state index contributed by atoms with van der Waals surface area (Å²) in [5.41, 5.74) is 4.16. The molecule has 42 heavy (non-hydrogen) atoms. The number of carbonyl (C=O) groups excluding carboxylic acids is 4. The first-order valence-corrected chi connectivity index (χ1v) is 14.5. The molecular formula is C33H21Cl3N2O4. The highest BCUT2D eigenvalue weighted by Gasteiger charge is 2.63. The molecule has 4 aromatic carbocycles. The van der Waals surface area contributed by atoms with E-state index < -0.39 is 41.9 Å². The Balaban J connectivity index is 1.34. The van der Waals surface area contributed by atoms with Gasteiger partial charge in [0.2, 0.25) is 0 Å². The van der Waals surface area contributed by atoms with Crippen LogP contribution in [0.1, 0.15) is 54.8 Å². The zero-order chi connectivity index (χ0) is 29.3. The predicted molar refractivity (Wildman–Crippen MR) is 159 cm³/mol. The maximum absolute atomic E-state index is 14.4. The number of halogens is 3. The summed E-state index contributed by atoms with van der Waals surface area (Å²) in [6.45, 7) is -0.614. The van der Waals surface area contributed by atoms with Crippen molar-refractivity contribution < 1.29 is 19.2 Å². The third-order valence-electron chi connectivity index (χ3n) is 8.53. The quantitative estimate of drug-likeness (QED) is 0.183. The molecule has 1 aliphatic heterocycles. The molecule has 0 spiro atoms. The molecular weight excluding hydrogens is 595 g/mol. The second-order valence-corrected chi connectivity index (χ2v) is 11.9. The molecule has 8 rings (SSSR count). The molecule has 0 saturated carbocycles. The van der Waals surface area contributed by atoms with E-state index in [2.05, 4.69) is 0 Å². The second-order valence-electron chi connectivity index (χ2n) is 10.6. The molecule has 2 atom stereocenters. The predicted octanol–water partition coefficient (Wildman–Crippen LogP) is 6.78. The number of Topliss-reactive ketones (excluding diaryl/α,β-unsaturated/α-hetero) is 1. The van der Waals surface area contributed by atoms with Crippen LogP contribution in [0.5, 0.6) is 0 Å². The number of hydrazine groups is 1. The molecule has 4 aromatic rings. The Labute approximate surface area is 256 Å². The van der Waals surface area contributed by atoms with Crippen molar-refractivity contribution in [3.63, 3.8) is 0 Å². The van der Waals surface area contributed by atoms with Gasteiger partial charge in [-0.2, -0.15) is 5.01 Å². The van der Waals surface area contributed by atoms with Crippen LogP contribution in [0.15, 0.2) is 91.0 Å². The van der Waals surface area contributed by atoms with Gasteiger partial charge in [0.15, 0.2) is 5.78 Å². The van der Waals surface area contributed by atoms with Crippen molar-refractivity contribution in [2.45, 2.75) is 11.8 Å². The Kier molecular flexibility index (Phi) is 6.46. The molecule has 0 aromatic heterocycles. The summed E-state index contributed by atoms with van der Waals surface area (Å²) in [5, 5.41) is 2.35. The second kappa shape index (κ2) is 10.1. The Bertz CT molecular complexity index is 1720. The maximum atomic E-state index is 14.4. The Morgan fingerprint density at radius 3 is 1.64 bits per heavy atom. The Morgan fingerprint density at radius 1 is 0.643 bits per heavy atom. The summed E-state index contributed by atoms with van der Waals surface area (Å²) in [6.07, 6.45) is 0. The smallest absolute Gasteiger partial charge is 0.274 e. The minimum atomic E-state index is -0.748. The van der Waals surface area contributed by atoms with Crippen molar-refractivity contribution in [1.29, 1.82) is 0 Å². The fourth-order valence-electron chi connectivity index (χ4n) is 6.84. The lowest BCUT2D eigenvalue weighted by molar-refractivity contribution is -0.154. The molecule has 0 unspecified atom stereocenters. The third-order valence-corrected chi connectivity index (χ3v) is 9.41. The summed E-state index contributed by atoms with van der Waals surface area (Å²) >= 11 is 18.7. The van der Waals surface area contributed by atoms with Crippen LogP contribution in [-0.4, -0.2) is 40.1 Å². The van der Waals surface area contributed by atoms with Crippen molar-refractivity contribution in [2.75, 3.05) is 6.54 Å². The van der Waals surface area contributed by atoms with Crippen molar-refractivity contribution in [3.8, 4) is 0 Å². The topological polar surface area (TPSA) is 74.8 Å². The van der Waals surface area contributed by atoms with Gasteiger partial charge >= 0.3 is 0 Å². The Hall–Kier alpha value is -3.97. The number of hydrogen-bond acceptors (Lipinski definition) is 4. The number of benzene rings is 4. The first kappa shape index (κ1) is 26.9. The van der Waals surface area contributed by atoms with Gasteiger partial charge in [-0.25, -0.2) is 5.01 Å². The highest BCUT2D eigenvalue weighted by Crippen LogP contribution is 2.61. The number of imide groups is 1. The van der Waals surface area contributed by atoms with Gasteiger partial charge < -0.3 is 0 Å². The van der Waals surface area contributed by atoms with E-state index in [1.165, 1.54) is 30.3 Å².